The van der Waals surface area contributed by atoms with E-state index in [0.29, 0.717) is 5.56 Å². The fraction of sp³-hybridized carbons (Fsp3) is 0. The highest BCUT2D eigenvalue weighted by molar-refractivity contribution is 5.92. The van der Waals surface area contributed by atoms with E-state index < -0.39 is 11.7 Å². The number of rotatable bonds is 0. The van der Waals surface area contributed by atoms with Crippen LogP contribution in [0.3, 0.4) is 0 Å². The number of carbonyl (C=O) groups excluding carboxylic acids is 1. The van der Waals surface area contributed by atoms with Crippen LogP contribution in [0.1, 0.15) is 5.56 Å². The first kappa shape index (κ1) is 9.07. The second-order valence-corrected chi connectivity index (χ2v) is 2.35. The number of hydrogen-bond acceptors (Lipinski definition) is 2. The van der Waals surface area contributed by atoms with Crippen LogP contribution in [0.25, 0.3) is 0 Å². The van der Waals surface area contributed by atoms with Gasteiger partial charge in [0.25, 0.3) is 5.91 Å². The molecule has 1 aromatic rings. The van der Waals surface area contributed by atoms with E-state index in [0.717, 1.165) is 0 Å². The Morgan fingerprint density at radius 3 is 2.69 bits per heavy atom. The first-order valence-electron chi connectivity index (χ1n) is 3.46. The van der Waals surface area contributed by atoms with Gasteiger partial charge in [-0.1, -0.05) is 5.92 Å². The van der Waals surface area contributed by atoms with Gasteiger partial charge in [-0.15, -0.1) is 0 Å². The Bertz CT molecular complexity index is 404. The number of carbonyl (C=O) groups is 1. The third kappa shape index (κ3) is 2.49. The first-order valence-corrected chi connectivity index (χ1v) is 3.46. The van der Waals surface area contributed by atoms with E-state index in [-0.39, 0.29) is 5.69 Å². The minimum Gasteiger partial charge on any atom is -0.396 e. The summed E-state index contributed by atoms with van der Waals surface area (Å²) in [6.07, 6.45) is 0. The summed E-state index contributed by atoms with van der Waals surface area (Å²) in [5, 5.41) is 0. The van der Waals surface area contributed by atoms with Crippen LogP contribution in [0.4, 0.5) is 10.1 Å². The van der Waals surface area contributed by atoms with Crippen molar-refractivity contribution in [3.05, 3.63) is 29.6 Å². The molecule has 0 fully saturated rings. The van der Waals surface area contributed by atoms with Crippen LogP contribution in [-0.2, 0) is 4.79 Å². The molecule has 1 aromatic carbocycles. The van der Waals surface area contributed by atoms with E-state index in [4.69, 9.17) is 11.5 Å². The molecule has 0 saturated heterocycles. The summed E-state index contributed by atoms with van der Waals surface area (Å²) < 4.78 is 12.6. The summed E-state index contributed by atoms with van der Waals surface area (Å²) in [7, 11) is 0. The summed E-state index contributed by atoms with van der Waals surface area (Å²) in [5.41, 5.74) is 10.5. The molecule has 0 unspecified atom stereocenters. The van der Waals surface area contributed by atoms with Gasteiger partial charge in [0.05, 0.1) is 5.69 Å². The van der Waals surface area contributed by atoms with E-state index in [1.54, 1.807) is 0 Å². The molecule has 0 aliphatic rings. The SMILES string of the molecule is NC(=O)C#Cc1ccc(F)c(N)c1. The summed E-state index contributed by atoms with van der Waals surface area (Å²) in [6, 6.07) is 3.94. The highest BCUT2D eigenvalue weighted by atomic mass is 19.1. The van der Waals surface area contributed by atoms with Crippen molar-refractivity contribution in [2.75, 3.05) is 5.73 Å². The number of halogens is 1. The smallest absolute Gasteiger partial charge is 0.293 e. The standard InChI is InChI=1S/C9H7FN2O/c10-7-3-1-6(5-8(7)11)2-4-9(12)13/h1,3,5H,11H2,(H2,12,13). The van der Waals surface area contributed by atoms with Crippen LogP contribution < -0.4 is 11.5 Å². The lowest BCUT2D eigenvalue weighted by atomic mass is 10.2. The maximum absolute atomic E-state index is 12.6. The van der Waals surface area contributed by atoms with Crippen LogP contribution in [0.15, 0.2) is 18.2 Å². The Morgan fingerprint density at radius 2 is 2.15 bits per heavy atom. The molecule has 13 heavy (non-hydrogen) atoms. The number of nitrogens with two attached hydrogens (primary N) is 2. The predicted octanol–water partition coefficient (Wildman–Crippen LogP) is 0.245. The summed E-state index contributed by atoms with van der Waals surface area (Å²) in [4.78, 5) is 10.3. The van der Waals surface area contributed by atoms with Gasteiger partial charge in [-0.2, -0.15) is 0 Å². The molecule has 1 amide bonds. The van der Waals surface area contributed by atoms with Gasteiger partial charge in [0.15, 0.2) is 0 Å². The van der Waals surface area contributed by atoms with Crippen LogP contribution in [0, 0.1) is 17.7 Å². The van der Waals surface area contributed by atoms with E-state index in [9.17, 15) is 9.18 Å². The Hall–Kier alpha value is -2.02. The average molecular weight is 178 g/mol. The molecule has 0 aliphatic carbocycles. The second-order valence-electron chi connectivity index (χ2n) is 2.35. The summed E-state index contributed by atoms with van der Waals surface area (Å²) in [5.74, 6) is 3.32. The second kappa shape index (κ2) is 3.59. The topological polar surface area (TPSA) is 69.1 Å². The molecular formula is C9H7FN2O. The van der Waals surface area contributed by atoms with Gasteiger partial charge in [-0.05, 0) is 24.1 Å². The molecule has 3 nitrogen and oxygen atoms in total. The molecule has 0 heterocycles. The lowest BCUT2D eigenvalue weighted by Gasteiger charge is -1.95. The van der Waals surface area contributed by atoms with Crippen molar-refractivity contribution in [1.29, 1.82) is 0 Å². The van der Waals surface area contributed by atoms with Crippen molar-refractivity contribution in [2.24, 2.45) is 5.73 Å². The number of anilines is 1. The number of hydrogen-bond donors (Lipinski definition) is 2. The highest BCUT2D eigenvalue weighted by Gasteiger charge is 1.96. The van der Waals surface area contributed by atoms with Crippen molar-refractivity contribution in [3.8, 4) is 11.8 Å². The van der Waals surface area contributed by atoms with Gasteiger partial charge in [0, 0.05) is 5.56 Å². The first-order chi connectivity index (χ1) is 6.09. The van der Waals surface area contributed by atoms with Gasteiger partial charge >= 0.3 is 0 Å². The number of primary amides is 1. The zero-order chi connectivity index (χ0) is 9.84. The fourth-order valence-electron chi connectivity index (χ4n) is 0.755. The minimum atomic E-state index is -0.733. The zero-order valence-corrected chi connectivity index (χ0v) is 6.67. The monoisotopic (exact) mass is 178 g/mol. The summed E-state index contributed by atoms with van der Waals surface area (Å²) in [6.45, 7) is 0. The van der Waals surface area contributed by atoms with Gasteiger partial charge in [0.2, 0.25) is 0 Å². The Labute approximate surface area is 74.5 Å². The molecule has 0 radical (unpaired) electrons. The van der Waals surface area contributed by atoms with Gasteiger partial charge in [0.1, 0.15) is 5.82 Å². The summed E-state index contributed by atoms with van der Waals surface area (Å²) >= 11 is 0. The maximum atomic E-state index is 12.6. The van der Waals surface area contributed by atoms with Crippen LogP contribution >= 0.6 is 0 Å². The van der Waals surface area contributed by atoms with Crippen molar-refractivity contribution in [1.82, 2.24) is 0 Å². The maximum Gasteiger partial charge on any atom is 0.293 e. The Morgan fingerprint density at radius 1 is 1.46 bits per heavy atom. The predicted molar refractivity (Wildman–Crippen MR) is 46.9 cm³/mol. The minimum absolute atomic E-state index is 0.00345. The quantitative estimate of drug-likeness (QED) is 0.441. The molecule has 0 spiro atoms. The van der Waals surface area contributed by atoms with Gasteiger partial charge in [-0.3, -0.25) is 4.79 Å². The van der Waals surface area contributed by atoms with Crippen molar-refractivity contribution in [3.63, 3.8) is 0 Å². The zero-order valence-electron chi connectivity index (χ0n) is 6.67. The van der Waals surface area contributed by atoms with Crippen LogP contribution in [0.2, 0.25) is 0 Å². The average Bonchev–Trinajstić information content (AvgIpc) is 2.07. The Kier molecular flexibility index (Phi) is 2.50. The third-order valence-electron chi connectivity index (χ3n) is 1.33. The van der Waals surface area contributed by atoms with Crippen LogP contribution in [-0.4, -0.2) is 5.91 Å². The Balaban J connectivity index is 3.00. The molecule has 0 bridgehead atoms. The van der Waals surface area contributed by atoms with Crippen molar-refractivity contribution in [2.45, 2.75) is 0 Å². The van der Waals surface area contributed by atoms with E-state index in [1.165, 1.54) is 18.2 Å². The lowest BCUT2D eigenvalue weighted by Crippen LogP contribution is -2.06. The van der Waals surface area contributed by atoms with Crippen molar-refractivity contribution >= 4 is 11.6 Å². The van der Waals surface area contributed by atoms with Gasteiger partial charge in [-0.25, -0.2) is 4.39 Å². The molecule has 4 N–H and O–H groups in total. The van der Waals surface area contributed by atoms with E-state index in [1.807, 2.05) is 0 Å². The largest absolute Gasteiger partial charge is 0.396 e. The fourth-order valence-corrected chi connectivity index (χ4v) is 0.755. The lowest BCUT2D eigenvalue weighted by molar-refractivity contribution is -0.112. The molecule has 0 aromatic heterocycles. The molecule has 66 valence electrons. The van der Waals surface area contributed by atoms with E-state index >= 15 is 0 Å². The molecule has 4 heteroatoms. The van der Waals surface area contributed by atoms with E-state index in [2.05, 4.69) is 11.8 Å². The molecule has 0 aliphatic heterocycles. The molecular weight excluding hydrogens is 171 g/mol. The molecule has 1 rings (SSSR count). The third-order valence-corrected chi connectivity index (χ3v) is 1.33. The molecule has 0 saturated carbocycles. The van der Waals surface area contributed by atoms with Crippen LogP contribution in [0.5, 0.6) is 0 Å². The number of benzene rings is 1. The molecule has 0 atom stereocenters. The van der Waals surface area contributed by atoms with Gasteiger partial charge < -0.3 is 11.5 Å². The number of amides is 1. The van der Waals surface area contributed by atoms with Crippen molar-refractivity contribution < 1.29 is 9.18 Å². The normalized spacial score (nSPS) is 8.69. The highest BCUT2D eigenvalue weighted by Crippen LogP contribution is 2.10. The number of nitrogen functional groups attached to an aromatic ring is 1.